The molecule has 0 aliphatic carbocycles. The van der Waals surface area contributed by atoms with Crippen LogP contribution in [-0.2, 0) is 14.3 Å². The Morgan fingerprint density at radius 3 is 2.48 bits per heavy atom. The number of rotatable bonds is 5. The molecule has 1 fully saturated rings. The van der Waals surface area contributed by atoms with E-state index >= 15 is 0 Å². The molecule has 0 bridgehead atoms. The molecule has 2 unspecified atom stereocenters. The van der Waals surface area contributed by atoms with E-state index in [0.717, 1.165) is 0 Å². The summed E-state index contributed by atoms with van der Waals surface area (Å²) in [6.07, 6.45) is 0. The minimum atomic E-state index is -0.947. The van der Waals surface area contributed by atoms with Crippen molar-refractivity contribution in [3.8, 4) is 0 Å². The normalized spacial score (nSPS) is 16.9. The molecule has 2 heterocycles. The van der Waals surface area contributed by atoms with Crippen molar-refractivity contribution >= 4 is 40.8 Å². The number of piperazine rings is 1. The molecule has 2 N–H and O–H groups in total. The lowest BCUT2D eigenvalue weighted by molar-refractivity contribution is -0.145. The van der Waals surface area contributed by atoms with E-state index in [-0.39, 0.29) is 31.6 Å². The zero-order valence-corrected chi connectivity index (χ0v) is 18.1. The van der Waals surface area contributed by atoms with Gasteiger partial charge in [-0.1, -0.05) is 24.3 Å². The first kappa shape index (κ1) is 22.3. The van der Waals surface area contributed by atoms with Crippen LogP contribution in [0, 0.1) is 0 Å². The highest BCUT2D eigenvalue weighted by atomic mass is 32.1. The maximum Gasteiger partial charge on any atom is 0.328 e. The highest BCUT2D eigenvalue weighted by molar-refractivity contribution is 7.12. The Morgan fingerprint density at radius 1 is 1.10 bits per heavy atom. The predicted molar refractivity (Wildman–Crippen MR) is 116 cm³/mol. The van der Waals surface area contributed by atoms with Crippen LogP contribution in [0.1, 0.15) is 16.6 Å². The fourth-order valence-electron chi connectivity index (χ4n) is 3.25. The number of thiophene rings is 1. The van der Waals surface area contributed by atoms with E-state index < -0.39 is 24.0 Å². The molecule has 0 spiro atoms. The average molecular weight is 445 g/mol. The van der Waals surface area contributed by atoms with E-state index in [9.17, 15) is 19.2 Å². The van der Waals surface area contributed by atoms with E-state index in [1.807, 2.05) is 6.07 Å². The number of esters is 1. The molecule has 1 aliphatic rings. The summed E-state index contributed by atoms with van der Waals surface area (Å²) < 4.78 is 4.65. The number of carbonyl (C=O) groups excluding carboxylic acids is 4. The van der Waals surface area contributed by atoms with Gasteiger partial charge in [0.15, 0.2) is 0 Å². The number of benzene rings is 1. The summed E-state index contributed by atoms with van der Waals surface area (Å²) in [5.41, 5.74) is 0.630. The van der Waals surface area contributed by atoms with Gasteiger partial charge >= 0.3 is 12.0 Å². The Bertz CT molecular complexity index is 935. The zero-order chi connectivity index (χ0) is 22.4. The molecule has 1 aromatic heterocycles. The van der Waals surface area contributed by atoms with Gasteiger partial charge < -0.3 is 25.2 Å². The number of hydrogen-bond donors (Lipinski definition) is 2. The van der Waals surface area contributed by atoms with Crippen LogP contribution < -0.4 is 10.6 Å². The summed E-state index contributed by atoms with van der Waals surface area (Å²) in [7, 11) is 1.23. The van der Waals surface area contributed by atoms with Gasteiger partial charge in [-0.15, -0.1) is 11.3 Å². The lowest BCUT2D eigenvalue weighted by Gasteiger charge is -2.40. The average Bonchev–Trinajstić information content (AvgIpc) is 3.33. The van der Waals surface area contributed by atoms with Crippen LogP contribution in [0.25, 0.3) is 0 Å². The van der Waals surface area contributed by atoms with Crippen LogP contribution in [0.2, 0.25) is 0 Å². The van der Waals surface area contributed by atoms with Gasteiger partial charge in [-0.2, -0.15) is 0 Å². The zero-order valence-electron chi connectivity index (χ0n) is 17.2. The maximum atomic E-state index is 13.0. The van der Waals surface area contributed by atoms with Crippen molar-refractivity contribution in [2.24, 2.45) is 0 Å². The van der Waals surface area contributed by atoms with E-state index in [0.29, 0.717) is 10.6 Å². The van der Waals surface area contributed by atoms with Gasteiger partial charge in [0.2, 0.25) is 5.91 Å². The Hall–Kier alpha value is -3.40. The molecule has 9 nitrogen and oxygen atoms in total. The molecular weight excluding hydrogens is 420 g/mol. The molecular formula is C21H24N4O5S. The Kier molecular flexibility index (Phi) is 7.24. The summed E-state index contributed by atoms with van der Waals surface area (Å²) in [5, 5.41) is 7.15. The van der Waals surface area contributed by atoms with Gasteiger partial charge in [-0.25, -0.2) is 9.59 Å². The van der Waals surface area contributed by atoms with Crippen molar-refractivity contribution in [1.29, 1.82) is 0 Å². The maximum absolute atomic E-state index is 13.0. The third kappa shape index (κ3) is 5.40. The molecule has 3 rings (SSSR count). The summed E-state index contributed by atoms with van der Waals surface area (Å²) >= 11 is 1.28. The summed E-state index contributed by atoms with van der Waals surface area (Å²) in [6, 6.07) is 10.2. The van der Waals surface area contributed by atoms with Gasteiger partial charge in [-0.3, -0.25) is 9.59 Å². The molecule has 1 aromatic carbocycles. The SMILES string of the molecule is COC(=O)C(C)NC(=O)C1CN(C(=O)Nc2ccccc2)CCN1C(=O)c1cccs1. The van der Waals surface area contributed by atoms with Crippen LogP contribution in [-0.4, -0.2) is 72.4 Å². The molecule has 10 heteroatoms. The molecule has 1 saturated heterocycles. The van der Waals surface area contributed by atoms with Crippen molar-refractivity contribution in [3.05, 3.63) is 52.7 Å². The molecule has 0 radical (unpaired) electrons. The van der Waals surface area contributed by atoms with Gasteiger partial charge in [0.1, 0.15) is 12.1 Å². The van der Waals surface area contributed by atoms with E-state index in [1.165, 1.54) is 35.2 Å². The monoisotopic (exact) mass is 444 g/mol. The molecule has 0 saturated carbocycles. The van der Waals surface area contributed by atoms with Crippen LogP contribution >= 0.6 is 11.3 Å². The minimum absolute atomic E-state index is 0.00446. The van der Waals surface area contributed by atoms with Crippen LogP contribution in [0.5, 0.6) is 0 Å². The Balaban J connectivity index is 1.76. The Morgan fingerprint density at radius 2 is 1.84 bits per heavy atom. The number of hydrogen-bond acceptors (Lipinski definition) is 6. The second-order valence-corrected chi connectivity index (χ2v) is 7.93. The fraction of sp³-hybridized carbons (Fsp3) is 0.333. The highest BCUT2D eigenvalue weighted by Gasteiger charge is 2.38. The van der Waals surface area contributed by atoms with Crippen molar-refractivity contribution in [3.63, 3.8) is 0 Å². The van der Waals surface area contributed by atoms with Gasteiger partial charge in [0, 0.05) is 18.8 Å². The number of carbonyl (C=O) groups is 4. The number of urea groups is 1. The van der Waals surface area contributed by atoms with Gasteiger partial charge in [-0.05, 0) is 30.5 Å². The molecule has 2 atom stereocenters. The fourth-order valence-corrected chi connectivity index (χ4v) is 3.92. The number of para-hydroxylation sites is 1. The lowest BCUT2D eigenvalue weighted by atomic mass is 10.1. The van der Waals surface area contributed by atoms with Crippen molar-refractivity contribution < 1.29 is 23.9 Å². The van der Waals surface area contributed by atoms with Crippen LogP contribution in [0.4, 0.5) is 10.5 Å². The highest BCUT2D eigenvalue weighted by Crippen LogP contribution is 2.19. The number of methoxy groups -OCH3 is 1. The second kappa shape index (κ2) is 10.1. The number of nitrogens with one attached hydrogen (secondary N) is 2. The van der Waals surface area contributed by atoms with E-state index in [4.69, 9.17) is 0 Å². The van der Waals surface area contributed by atoms with Crippen molar-refractivity contribution in [2.75, 3.05) is 32.1 Å². The molecule has 1 aliphatic heterocycles. The first-order valence-electron chi connectivity index (χ1n) is 9.74. The second-order valence-electron chi connectivity index (χ2n) is 6.99. The molecule has 2 aromatic rings. The van der Waals surface area contributed by atoms with Crippen LogP contribution in [0.15, 0.2) is 47.8 Å². The van der Waals surface area contributed by atoms with Crippen LogP contribution in [0.3, 0.4) is 0 Å². The minimum Gasteiger partial charge on any atom is -0.467 e. The van der Waals surface area contributed by atoms with E-state index in [1.54, 1.807) is 41.8 Å². The first-order chi connectivity index (χ1) is 14.9. The standard InChI is InChI=1S/C21H24N4O5S/c1-14(20(28)30-2)22-18(26)16-13-24(21(29)23-15-7-4-3-5-8-15)10-11-25(16)19(27)17-9-6-12-31-17/h3-9,12,14,16H,10-11,13H2,1-2H3,(H,22,26)(H,23,29). The predicted octanol–water partition coefficient (Wildman–Crippen LogP) is 1.78. The summed E-state index contributed by atoms with van der Waals surface area (Å²) in [6.45, 7) is 1.95. The van der Waals surface area contributed by atoms with Crippen molar-refractivity contribution in [1.82, 2.24) is 15.1 Å². The lowest BCUT2D eigenvalue weighted by Crippen LogP contribution is -2.63. The van der Waals surface area contributed by atoms with Crippen molar-refractivity contribution in [2.45, 2.75) is 19.0 Å². The van der Waals surface area contributed by atoms with Gasteiger partial charge in [0.05, 0.1) is 18.5 Å². The third-order valence-corrected chi connectivity index (χ3v) is 5.76. The molecule has 31 heavy (non-hydrogen) atoms. The summed E-state index contributed by atoms with van der Waals surface area (Å²) in [4.78, 5) is 53.8. The number of amides is 4. The summed E-state index contributed by atoms with van der Waals surface area (Å²) in [5.74, 6) is -1.41. The third-order valence-electron chi connectivity index (χ3n) is 4.90. The number of ether oxygens (including phenoxy) is 1. The largest absolute Gasteiger partial charge is 0.467 e. The topological polar surface area (TPSA) is 108 Å². The Labute approximate surface area is 184 Å². The molecule has 4 amide bonds. The quantitative estimate of drug-likeness (QED) is 0.684. The van der Waals surface area contributed by atoms with E-state index in [2.05, 4.69) is 15.4 Å². The number of nitrogens with zero attached hydrogens (tertiary/aromatic N) is 2. The van der Waals surface area contributed by atoms with Gasteiger partial charge in [0.25, 0.3) is 5.91 Å². The first-order valence-corrected chi connectivity index (χ1v) is 10.6. The molecule has 164 valence electrons. The smallest absolute Gasteiger partial charge is 0.328 e. The number of anilines is 1.